The van der Waals surface area contributed by atoms with Gasteiger partial charge in [-0.3, -0.25) is 15.0 Å². The standard InChI is InChI=1S/C25H29N5O/c1-18-7-9-20(10-8-18)22-15-23-25(31)27-16-24(30(23)28-22)26-12-4-13-29-14-11-19-5-2-3-6-21(19)17-29/h2-3,5-10,15,24,26H,4,11-14,16-17H2,1H3,(H,27,31)/t24-/m1/s1. The summed E-state index contributed by atoms with van der Waals surface area (Å²) in [6, 6.07) is 18.9. The molecule has 0 saturated carbocycles. The molecule has 3 aromatic rings. The van der Waals surface area contributed by atoms with Crippen molar-refractivity contribution in [3.05, 3.63) is 77.0 Å². The second-order valence-corrected chi connectivity index (χ2v) is 8.55. The van der Waals surface area contributed by atoms with Gasteiger partial charge >= 0.3 is 0 Å². The highest BCUT2D eigenvalue weighted by atomic mass is 16.2. The van der Waals surface area contributed by atoms with Crippen LogP contribution in [-0.2, 0) is 13.0 Å². The van der Waals surface area contributed by atoms with E-state index in [-0.39, 0.29) is 12.1 Å². The minimum atomic E-state index is -0.0594. The molecule has 0 unspecified atom stereocenters. The zero-order valence-corrected chi connectivity index (χ0v) is 18.0. The van der Waals surface area contributed by atoms with Crippen LogP contribution < -0.4 is 10.6 Å². The molecule has 0 fully saturated rings. The lowest BCUT2D eigenvalue weighted by atomic mass is 10.00. The molecular weight excluding hydrogens is 386 g/mol. The molecular formula is C25H29N5O. The van der Waals surface area contributed by atoms with Crippen LogP contribution in [0.5, 0.6) is 0 Å². The number of fused-ring (bicyclic) bond motifs is 2. The topological polar surface area (TPSA) is 62.2 Å². The van der Waals surface area contributed by atoms with Gasteiger partial charge < -0.3 is 5.32 Å². The van der Waals surface area contributed by atoms with E-state index in [1.807, 2.05) is 10.7 Å². The third-order valence-corrected chi connectivity index (χ3v) is 6.31. The van der Waals surface area contributed by atoms with Crippen molar-refractivity contribution in [1.29, 1.82) is 0 Å². The van der Waals surface area contributed by atoms with Gasteiger partial charge in [0.2, 0.25) is 0 Å². The molecule has 0 saturated heterocycles. The predicted molar refractivity (Wildman–Crippen MR) is 122 cm³/mol. The molecule has 0 bridgehead atoms. The Morgan fingerprint density at radius 1 is 1.13 bits per heavy atom. The highest BCUT2D eigenvalue weighted by molar-refractivity contribution is 5.94. The molecule has 1 amide bonds. The van der Waals surface area contributed by atoms with Gasteiger partial charge in [0.25, 0.3) is 5.91 Å². The van der Waals surface area contributed by atoms with E-state index >= 15 is 0 Å². The fourth-order valence-electron chi connectivity index (χ4n) is 4.51. The van der Waals surface area contributed by atoms with Gasteiger partial charge in [0, 0.05) is 18.7 Å². The normalized spacial score (nSPS) is 18.4. The number of aromatic nitrogens is 2. The minimum Gasteiger partial charge on any atom is -0.347 e. The highest BCUT2D eigenvalue weighted by Crippen LogP contribution is 2.23. The zero-order valence-electron chi connectivity index (χ0n) is 18.0. The summed E-state index contributed by atoms with van der Waals surface area (Å²) >= 11 is 0. The summed E-state index contributed by atoms with van der Waals surface area (Å²) in [6.07, 6.45) is 2.18. The van der Waals surface area contributed by atoms with Crippen LogP contribution in [0.4, 0.5) is 0 Å². The Labute approximate surface area is 183 Å². The van der Waals surface area contributed by atoms with Crippen molar-refractivity contribution in [2.24, 2.45) is 0 Å². The van der Waals surface area contributed by atoms with Crippen LogP contribution in [0, 0.1) is 6.92 Å². The largest absolute Gasteiger partial charge is 0.347 e. The first-order valence-corrected chi connectivity index (χ1v) is 11.1. The van der Waals surface area contributed by atoms with Crippen LogP contribution in [0.2, 0.25) is 0 Å². The molecule has 1 aromatic heterocycles. The first-order valence-electron chi connectivity index (χ1n) is 11.1. The Bertz CT molecular complexity index is 1070. The predicted octanol–water partition coefficient (Wildman–Crippen LogP) is 3.14. The van der Waals surface area contributed by atoms with E-state index in [1.54, 1.807) is 0 Å². The zero-order chi connectivity index (χ0) is 21.2. The van der Waals surface area contributed by atoms with Crippen LogP contribution in [0.1, 0.15) is 39.8 Å². The van der Waals surface area contributed by atoms with E-state index in [0.717, 1.165) is 50.3 Å². The Hall–Kier alpha value is -2.96. The van der Waals surface area contributed by atoms with Crippen LogP contribution in [0.3, 0.4) is 0 Å². The molecule has 0 radical (unpaired) electrons. The maximum Gasteiger partial charge on any atom is 0.269 e. The van der Waals surface area contributed by atoms with Crippen molar-refractivity contribution in [2.75, 3.05) is 26.2 Å². The van der Waals surface area contributed by atoms with Gasteiger partial charge in [-0.15, -0.1) is 0 Å². The third kappa shape index (κ3) is 4.27. The van der Waals surface area contributed by atoms with E-state index in [4.69, 9.17) is 5.10 Å². The molecule has 31 heavy (non-hydrogen) atoms. The summed E-state index contributed by atoms with van der Waals surface area (Å²) in [5, 5.41) is 11.3. The molecule has 2 aliphatic rings. The number of hydrogen-bond acceptors (Lipinski definition) is 4. The van der Waals surface area contributed by atoms with Crippen LogP contribution in [0.15, 0.2) is 54.6 Å². The Balaban J connectivity index is 1.19. The van der Waals surface area contributed by atoms with Crippen molar-refractivity contribution in [2.45, 2.75) is 32.5 Å². The Kier molecular flexibility index (Phi) is 5.57. The molecule has 0 aliphatic carbocycles. The van der Waals surface area contributed by atoms with E-state index in [9.17, 15) is 4.79 Å². The molecule has 160 valence electrons. The lowest BCUT2D eigenvalue weighted by molar-refractivity contribution is 0.0900. The number of aryl methyl sites for hydroxylation is 1. The maximum absolute atomic E-state index is 12.4. The summed E-state index contributed by atoms with van der Waals surface area (Å²) in [7, 11) is 0. The van der Waals surface area contributed by atoms with Gasteiger partial charge in [-0.1, -0.05) is 54.1 Å². The SMILES string of the molecule is Cc1ccc(-c2cc3n(n2)[C@@H](NCCCN2CCc4ccccc4C2)CNC3=O)cc1. The minimum absolute atomic E-state index is 0.0195. The molecule has 5 rings (SSSR count). The summed E-state index contributed by atoms with van der Waals surface area (Å²) < 4.78 is 1.85. The monoisotopic (exact) mass is 415 g/mol. The average Bonchev–Trinajstić information content (AvgIpc) is 3.25. The molecule has 1 atom stereocenters. The van der Waals surface area contributed by atoms with E-state index < -0.39 is 0 Å². The van der Waals surface area contributed by atoms with Gasteiger partial charge in [0.1, 0.15) is 11.9 Å². The van der Waals surface area contributed by atoms with E-state index in [2.05, 4.69) is 71.0 Å². The smallest absolute Gasteiger partial charge is 0.269 e. The van der Waals surface area contributed by atoms with Crippen molar-refractivity contribution >= 4 is 5.91 Å². The third-order valence-electron chi connectivity index (χ3n) is 6.31. The van der Waals surface area contributed by atoms with Crippen molar-refractivity contribution < 1.29 is 4.79 Å². The average molecular weight is 416 g/mol. The summed E-state index contributed by atoms with van der Waals surface area (Å²) in [5.41, 5.74) is 6.65. The number of rotatable bonds is 6. The number of benzene rings is 2. The van der Waals surface area contributed by atoms with Gasteiger partial charge in [-0.05, 0) is 50.0 Å². The van der Waals surface area contributed by atoms with Gasteiger partial charge in [0.05, 0.1) is 12.2 Å². The molecule has 0 spiro atoms. The number of carbonyl (C=O) groups is 1. The van der Waals surface area contributed by atoms with Crippen LogP contribution in [-0.4, -0.2) is 46.8 Å². The lowest BCUT2D eigenvalue weighted by Crippen LogP contribution is -2.45. The molecule has 6 nitrogen and oxygen atoms in total. The molecule has 2 aliphatic heterocycles. The van der Waals surface area contributed by atoms with Gasteiger partial charge in [-0.25, -0.2) is 4.68 Å². The lowest BCUT2D eigenvalue weighted by Gasteiger charge is -2.29. The number of amides is 1. The Morgan fingerprint density at radius 2 is 1.94 bits per heavy atom. The molecule has 2 aromatic carbocycles. The fraction of sp³-hybridized carbons (Fsp3) is 0.360. The first-order chi connectivity index (χ1) is 15.2. The Morgan fingerprint density at radius 3 is 2.77 bits per heavy atom. The van der Waals surface area contributed by atoms with Crippen LogP contribution >= 0.6 is 0 Å². The number of nitrogens with zero attached hydrogens (tertiary/aromatic N) is 3. The van der Waals surface area contributed by atoms with E-state index in [0.29, 0.717) is 12.2 Å². The summed E-state index contributed by atoms with van der Waals surface area (Å²) in [6.45, 7) is 6.74. The molecule has 2 N–H and O–H groups in total. The van der Waals surface area contributed by atoms with Gasteiger partial charge in [-0.2, -0.15) is 5.10 Å². The maximum atomic E-state index is 12.4. The molecule has 6 heteroatoms. The van der Waals surface area contributed by atoms with Crippen molar-refractivity contribution in [1.82, 2.24) is 25.3 Å². The summed E-state index contributed by atoms with van der Waals surface area (Å²) in [5.74, 6) is -0.0594. The summed E-state index contributed by atoms with van der Waals surface area (Å²) in [4.78, 5) is 14.9. The second-order valence-electron chi connectivity index (χ2n) is 8.55. The van der Waals surface area contributed by atoms with Gasteiger partial charge in [0.15, 0.2) is 0 Å². The van der Waals surface area contributed by atoms with Crippen LogP contribution in [0.25, 0.3) is 11.3 Å². The van der Waals surface area contributed by atoms with Crippen molar-refractivity contribution in [3.8, 4) is 11.3 Å². The number of carbonyl (C=O) groups excluding carboxylic acids is 1. The second kappa shape index (κ2) is 8.65. The number of nitrogens with one attached hydrogen (secondary N) is 2. The fourth-order valence-corrected chi connectivity index (χ4v) is 4.51. The van der Waals surface area contributed by atoms with E-state index in [1.165, 1.54) is 16.7 Å². The number of hydrogen-bond donors (Lipinski definition) is 2. The first kappa shape index (κ1) is 20.0. The quantitative estimate of drug-likeness (QED) is 0.607. The molecule has 3 heterocycles. The van der Waals surface area contributed by atoms with Crippen molar-refractivity contribution in [3.63, 3.8) is 0 Å². The highest BCUT2D eigenvalue weighted by Gasteiger charge is 2.27.